The van der Waals surface area contributed by atoms with Crippen molar-refractivity contribution in [2.24, 2.45) is 7.05 Å². The molecule has 0 aliphatic carbocycles. The molecule has 25 heavy (non-hydrogen) atoms. The quantitative estimate of drug-likeness (QED) is 0.695. The van der Waals surface area contributed by atoms with Gasteiger partial charge >= 0.3 is 0 Å². The van der Waals surface area contributed by atoms with Crippen molar-refractivity contribution in [2.75, 3.05) is 6.54 Å². The highest BCUT2D eigenvalue weighted by molar-refractivity contribution is 6.07. The lowest BCUT2D eigenvalue weighted by atomic mass is 10.0. The average molecular weight is 336 g/mol. The molecule has 1 aromatic carbocycles. The van der Waals surface area contributed by atoms with Crippen LogP contribution in [0, 0.1) is 6.92 Å². The fourth-order valence-electron chi connectivity index (χ4n) is 3.05. The maximum absolute atomic E-state index is 12.8. The van der Waals surface area contributed by atoms with Gasteiger partial charge in [0.1, 0.15) is 0 Å². The summed E-state index contributed by atoms with van der Waals surface area (Å²) in [6.45, 7) is 4.76. The summed E-state index contributed by atoms with van der Waals surface area (Å²) in [5, 5.41) is 8.32. The van der Waals surface area contributed by atoms with Gasteiger partial charge in [0, 0.05) is 19.2 Å². The van der Waals surface area contributed by atoms with Crippen molar-refractivity contribution >= 4 is 16.9 Å². The van der Waals surface area contributed by atoms with Gasteiger partial charge in [-0.15, -0.1) is 0 Å². The third-order valence-electron chi connectivity index (χ3n) is 4.35. The summed E-state index contributed by atoms with van der Waals surface area (Å²) in [5.74, 6) is -0.0585. The average Bonchev–Trinajstić information content (AvgIpc) is 2.93. The lowest BCUT2D eigenvalue weighted by molar-refractivity contribution is 0.0954. The number of nitrogens with zero attached hydrogens (tertiary/aromatic N) is 3. The Balaban J connectivity index is 2.04. The molecule has 2 heterocycles. The lowest BCUT2D eigenvalue weighted by Gasteiger charge is -2.09. The molecule has 1 amide bonds. The molecule has 5 nitrogen and oxygen atoms in total. The van der Waals surface area contributed by atoms with Crippen molar-refractivity contribution in [1.82, 2.24) is 20.1 Å². The Morgan fingerprint density at radius 1 is 1.20 bits per heavy atom. The fourth-order valence-corrected chi connectivity index (χ4v) is 3.05. The highest BCUT2D eigenvalue weighted by Crippen LogP contribution is 2.26. The molecule has 0 atom stereocenters. The van der Waals surface area contributed by atoms with Crippen LogP contribution in [0.1, 0.15) is 42.2 Å². The van der Waals surface area contributed by atoms with Gasteiger partial charge in [-0.05, 0) is 19.4 Å². The number of carbonyl (C=O) groups is 1. The molecule has 2 aromatic heterocycles. The molecule has 0 bridgehead atoms. The first-order chi connectivity index (χ1) is 12.1. The number of pyridine rings is 1. The minimum atomic E-state index is -0.0585. The van der Waals surface area contributed by atoms with Crippen molar-refractivity contribution in [3.8, 4) is 11.3 Å². The molecular weight excluding hydrogens is 312 g/mol. The summed E-state index contributed by atoms with van der Waals surface area (Å²) < 4.78 is 1.74. The van der Waals surface area contributed by atoms with Crippen LogP contribution in [0.25, 0.3) is 22.3 Å². The van der Waals surface area contributed by atoms with Crippen LogP contribution in [-0.2, 0) is 7.05 Å². The van der Waals surface area contributed by atoms with Gasteiger partial charge in [0.25, 0.3) is 5.91 Å². The maximum Gasteiger partial charge on any atom is 0.252 e. The smallest absolute Gasteiger partial charge is 0.252 e. The predicted molar refractivity (Wildman–Crippen MR) is 101 cm³/mol. The first-order valence-electron chi connectivity index (χ1n) is 8.79. The number of rotatable bonds is 6. The zero-order valence-corrected chi connectivity index (χ0v) is 15.0. The van der Waals surface area contributed by atoms with Crippen LogP contribution in [0.4, 0.5) is 0 Å². The molecular formula is C20H24N4O. The van der Waals surface area contributed by atoms with E-state index in [1.54, 1.807) is 4.68 Å². The molecule has 0 saturated carbocycles. The number of aryl methyl sites for hydroxylation is 2. The first kappa shape index (κ1) is 17.1. The number of aromatic nitrogens is 3. The number of nitrogens with one attached hydrogen (secondary N) is 1. The molecule has 3 aromatic rings. The minimum Gasteiger partial charge on any atom is -0.352 e. The molecule has 0 fully saturated rings. The highest BCUT2D eigenvalue weighted by Gasteiger charge is 2.18. The number of unbranched alkanes of at least 4 members (excludes halogenated alkanes) is 2. The number of hydrogen-bond acceptors (Lipinski definition) is 3. The van der Waals surface area contributed by atoms with Gasteiger partial charge < -0.3 is 5.32 Å². The van der Waals surface area contributed by atoms with Gasteiger partial charge in [-0.3, -0.25) is 9.48 Å². The Morgan fingerprint density at radius 3 is 2.68 bits per heavy atom. The van der Waals surface area contributed by atoms with Crippen LogP contribution >= 0.6 is 0 Å². The fraction of sp³-hybridized carbons (Fsp3) is 0.350. The number of carbonyl (C=O) groups excluding carboxylic acids is 1. The van der Waals surface area contributed by atoms with E-state index in [-0.39, 0.29) is 5.91 Å². The molecule has 3 rings (SSSR count). The van der Waals surface area contributed by atoms with Crippen LogP contribution in [0.5, 0.6) is 0 Å². The molecule has 0 spiro atoms. The standard InChI is InChI=1S/C20H24N4O/c1-4-5-9-12-21-20(25)16-13-17(15-10-7-6-8-11-15)22-19-18(16)14(2)23-24(19)3/h6-8,10-11,13H,4-5,9,12H2,1-3H3,(H,21,25). The maximum atomic E-state index is 12.8. The number of benzene rings is 1. The molecule has 0 radical (unpaired) electrons. The third kappa shape index (κ3) is 3.55. The Bertz CT molecular complexity index is 884. The molecule has 1 N–H and O–H groups in total. The van der Waals surface area contributed by atoms with Crippen LogP contribution in [-0.4, -0.2) is 27.2 Å². The Labute approximate surface area is 148 Å². The van der Waals surface area contributed by atoms with E-state index in [0.29, 0.717) is 12.1 Å². The van der Waals surface area contributed by atoms with Crippen LogP contribution < -0.4 is 5.32 Å². The minimum absolute atomic E-state index is 0.0585. The zero-order valence-electron chi connectivity index (χ0n) is 15.0. The molecule has 0 aliphatic rings. The molecule has 5 heteroatoms. The van der Waals surface area contributed by atoms with Crippen molar-refractivity contribution in [3.05, 3.63) is 47.7 Å². The lowest BCUT2D eigenvalue weighted by Crippen LogP contribution is -2.25. The SMILES string of the molecule is CCCCCNC(=O)c1cc(-c2ccccc2)nc2c1c(C)nn2C. The van der Waals surface area contributed by atoms with E-state index in [9.17, 15) is 4.79 Å². The second-order valence-electron chi connectivity index (χ2n) is 6.29. The molecule has 0 unspecified atom stereocenters. The van der Waals surface area contributed by atoms with Crippen LogP contribution in [0.3, 0.4) is 0 Å². The monoisotopic (exact) mass is 336 g/mol. The number of amides is 1. The van der Waals surface area contributed by atoms with Gasteiger partial charge in [-0.1, -0.05) is 50.1 Å². The van der Waals surface area contributed by atoms with Gasteiger partial charge in [-0.2, -0.15) is 5.10 Å². The van der Waals surface area contributed by atoms with Gasteiger partial charge in [0.2, 0.25) is 0 Å². The predicted octanol–water partition coefficient (Wildman–Crippen LogP) is 3.86. The normalized spacial score (nSPS) is 11.0. The van der Waals surface area contributed by atoms with Crippen LogP contribution in [0.2, 0.25) is 0 Å². The summed E-state index contributed by atoms with van der Waals surface area (Å²) in [6.07, 6.45) is 3.25. The third-order valence-corrected chi connectivity index (χ3v) is 4.35. The number of hydrogen-bond donors (Lipinski definition) is 1. The van der Waals surface area contributed by atoms with E-state index < -0.39 is 0 Å². The van der Waals surface area contributed by atoms with Crippen molar-refractivity contribution in [1.29, 1.82) is 0 Å². The van der Waals surface area contributed by atoms with E-state index in [2.05, 4.69) is 17.3 Å². The van der Waals surface area contributed by atoms with Crippen molar-refractivity contribution in [2.45, 2.75) is 33.1 Å². The Hall–Kier alpha value is -2.69. The van der Waals surface area contributed by atoms with Gasteiger partial charge in [-0.25, -0.2) is 4.98 Å². The largest absolute Gasteiger partial charge is 0.352 e. The highest BCUT2D eigenvalue weighted by atomic mass is 16.1. The van der Waals surface area contributed by atoms with Gasteiger partial charge in [0.15, 0.2) is 5.65 Å². The van der Waals surface area contributed by atoms with Crippen LogP contribution in [0.15, 0.2) is 36.4 Å². The molecule has 0 saturated heterocycles. The number of fused-ring (bicyclic) bond motifs is 1. The molecule has 0 aliphatic heterocycles. The van der Waals surface area contributed by atoms with E-state index in [1.807, 2.05) is 50.4 Å². The molecule has 130 valence electrons. The summed E-state index contributed by atoms with van der Waals surface area (Å²) in [5.41, 5.74) is 3.98. The zero-order chi connectivity index (χ0) is 17.8. The topological polar surface area (TPSA) is 59.8 Å². The second kappa shape index (κ2) is 7.47. The summed E-state index contributed by atoms with van der Waals surface area (Å²) in [6, 6.07) is 11.8. The van der Waals surface area contributed by atoms with Crippen molar-refractivity contribution in [3.63, 3.8) is 0 Å². The van der Waals surface area contributed by atoms with E-state index in [0.717, 1.165) is 47.2 Å². The summed E-state index contributed by atoms with van der Waals surface area (Å²) in [7, 11) is 1.86. The summed E-state index contributed by atoms with van der Waals surface area (Å²) in [4.78, 5) is 17.5. The van der Waals surface area contributed by atoms with Gasteiger partial charge in [0.05, 0.1) is 22.3 Å². The van der Waals surface area contributed by atoms with Crippen molar-refractivity contribution < 1.29 is 4.79 Å². The van der Waals surface area contributed by atoms with E-state index in [1.165, 1.54) is 0 Å². The summed E-state index contributed by atoms with van der Waals surface area (Å²) >= 11 is 0. The Kier molecular flexibility index (Phi) is 5.12. The van der Waals surface area contributed by atoms with E-state index in [4.69, 9.17) is 4.98 Å². The second-order valence-corrected chi connectivity index (χ2v) is 6.29. The Morgan fingerprint density at radius 2 is 1.96 bits per heavy atom. The van der Waals surface area contributed by atoms with E-state index >= 15 is 0 Å². The first-order valence-corrected chi connectivity index (χ1v) is 8.79.